The number of methoxy groups -OCH3 is 1. The molecule has 1 aliphatic carbocycles. The summed E-state index contributed by atoms with van der Waals surface area (Å²) in [5.41, 5.74) is 2.41. The van der Waals surface area contributed by atoms with Crippen LogP contribution in [0.2, 0.25) is 0 Å². The number of amides is 1. The first-order valence-electron chi connectivity index (χ1n) is 10.5. The summed E-state index contributed by atoms with van der Waals surface area (Å²) in [6.45, 7) is 4.03. The van der Waals surface area contributed by atoms with E-state index in [1.54, 1.807) is 0 Å². The number of nitrogens with zero attached hydrogens (tertiary/aromatic N) is 1. The Kier molecular flexibility index (Phi) is 7.29. The van der Waals surface area contributed by atoms with Gasteiger partial charge in [0.05, 0.1) is 17.7 Å². The van der Waals surface area contributed by atoms with E-state index in [2.05, 4.69) is 16.0 Å². The summed E-state index contributed by atoms with van der Waals surface area (Å²) in [6.07, 6.45) is 4.13. The minimum atomic E-state index is -0.866. The number of carbonyl (C=O) groups excluding carboxylic acids is 1. The molecule has 2 aromatic carbocycles. The lowest BCUT2D eigenvalue weighted by atomic mass is 9.81. The Bertz CT molecular complexity index is 1030. The van der Waals surface area contributed by atoms with Gasteiger partial charge in [-0.3, -0.25) is 14.9 Å². The Balaban J connectivity index is 1.80. The lowest BCUT2D eigenvalue weighted by molar-refractivity contribution is -0.384. The zero-order chi connectivity index (χ0) is 23.3. The molecular formula is C23H28N4O4S. The molecule has 8 nitrogen and oxygen atoms in total. The molecule has 0 spiro atoms. The molecule has 9 heteroatoms. The van der Waals surface area contributed by atoms with Crippen molar-refractivity contribution < 1.29 is 14.5 Å². The van der Waals surface area contributed by atoms with Gasteiger partial charge < -0.3 is 20.7 Å². The quantitative estimate of drug-likeness (QED) is 0.324. The first kappa shape index (κ1) is 23.5. The molecule has 2 aromatic rings. The Hall–Kier alpha value is -3.20. The summed E-state index contributed by atoms with van der Waals surface area (Å²) < 4.78 is 5.29. The van der Waals surface area contributed by atoms with Gasteiger partial charge in [0, 0.05) is 17.8 Å². The largest absolute Gasteiger partial charge is 0.495 e. The third-order valence-electron chi connectivity index (χ3n) is 5.90. The van der Waals surface area contributed by atoms with Gasteiger partial charge in [0.2, 0.25) is 5.91 Å². The highest BCUT2D eigenvalue weighted by molar-refractivity contribution is 7.80. The Morgan fingerprint density at radius 3 is 2.41 bits per heavy atom. The molecule has 0 radical (unpaired) electrons. The van der Waals surface area contributed by atoms with Gasteiger partial charge >= 0.3 is 0 Å². The van der Waals surface area contributed by atoms with Crippen LogP contribution in [0.15, 0.2) is 36.4 Å². The number of hydrogen-bond acceptors (Lipinski definition) is 5. The van der Waals surface area contributed by atoms with Crippen molar-refractivity contribution in [1.82, 2.24) is 5.32 Å². The van der Waals surface area contributed by atoms with E-state index in [0.29, 0.717) is 24.3 Å². The maximum Gasteiger partial charge on any atom is 0.271 e. The van der Waals surface area contributed by atoms with Crippen LogP contribution in [-0.2, 0) is 4.79 Å². The highest BCUT2D eigenvalue weighted by atomic mass is 32.1. The molecule has 1 fully saturated rings. The van der Waals surface area contributed by atoms with Gasteiger partial charge in [0.25, 0.3) is 5.69 Å². The van der Waals surface area contributed by atoms with Crippen LogP contribution in [0.3, 0.4) is 0 Å². The van der Waals surface area contributed by atoms with Gasteiger partial charge in [-0.05, 0) is 68.2 Å². The van der Waals surface area contributed by atoms with Crippen LogP contribution in [0.1, 0.15) is 43.2 Å². The van der Waals surface area contributed by atoms with Crippen LogP contribution in [0.5, 0.6) is 5.75 Å². The molecule has 0 saturated heterocycles. The van der Waals surface area contributed by atoms with Gasteiger partial charge in [0.15, 0.2) is 5.11 Å². The molecule has 3 N–H and O–H groups in total. The number of hydrogen-bond donors (Lipinski definition) is 3. The molecule has 1 aliphatic rings. The third kappa shape index (κ3) is 5.34. The predicted molar refractivity (Wildman–Crippen MR) is 129 cm³/mol. The maximum absolute atomic E-state index is 13.4. The number of aryl methyl sites for hydroxylation is 2. The molecule has 1 amide bonds. The van der Waals surface area contributed by atoms with E-state index in [1.807, 2.05) is 32.0 Å². The average Bonchev–Trinajstić information content (AvgIpc) is 2.76. The second kappa shape index (κ2) is 9.95. The van der Waals surface area contributed by atoms with E-state index >= 15 is 0 Å². The molecular weight excluding hydrogens is 428 g/mol. The smallest absolute Gasteiger partial charge is 0.271 e. The lowest BCUT2D eigenvalue weighted by Crippen LogP contribution is -2.58. The number of rotatable bonds is 6. The summed E-state index contributed by atoms with van der Waals surface area (Å²) in [5, 5.41) is 20.6. The molecule has 0 aromatic heterocycles. The number of nitro groups is 1. The molecule has 3 rings (SSSR count). The van der Waals surface area contributed by atoms with E-state index in [9.17, 15) is 14.9 Å². The number of non-ortho nitro benzene ring substituents is 1. The van der Waals surface area contributed by atoms with Crippen molar-refractivity contribution >= 4 is 40.3 Å². The number of thiocarbonyl (C=S) groups is 1. The van der Waals surface area contributed by atoms with Gasteiger partial charge in [-0.1, -0.05) is 25.3 Å². The van der Waals surface area contributed by atoms with Crippen molar-refractivity contribution in [1.29, 1.82) is 0 Å². The minimum Gasteiger partial charge on any atom is -0.495 e. The van der Waals surface area contributed by atoms with Crippen LogP contribution >= 0.6 is 12.2 Å². The van der Waals surface area contributed by atoms with Crippen molar-refractivity contribution in [3.63, 3.8) is 0 Å². The number of ether oxygens (including phenoxy) is 1. The van der Waals surface area contributed by atoms with Crippen molar-refractivity contribution in [3.05, 3.63) is 57.6 Å². The zero-order valence-corrected chi connectivity index (χ0v) is 19.3. The van der Waals surface area contributed by atoms with E-state index < -0.39 is 10.5 Å². The van der Waals surface area contributed by atoms with Crippen LogP contribution < -0.4 is 20.7 Å². The lowest BCUT2D eigenvalue weighted by Gasteiger charge is -2.37. The van der Waals surface area contributed by atoms with Crippen molar-refractivity contribution in [2.75, 3.05) is 17.7 Å². The van der Waals surface area contributed by atoms with E-state index in [1.165, 1.54) is 25.3 Å². The SMILES string of the molecule is COc1ccc([N+](=O)[O-])cc1NC(=S)NC1(C(=O)Nc2ccc(C)c(C)c2)CCCCC1. The topological polar surface area (TPSA) is 106 Å². The van der Waals surface area contributed by atoms with Crippen LogP contribution in [-0.4, -0.2) is 28.6 Å². The molecule has 170 valence electrons. The fourth-order valence-electron chi connectivity index (χ4n) is 3.91. The number of nitrogens with one attached hydrogen (secondary N) is 3. The molecule has 0 heterocycles. The fourth-order valence-corrected chi connectivity index (χ4v) is 4.22. The second-order valence-electron chi connectivity index (χ2n) is 8.12. The Morgan fingerprint density at radius 2 is 1.78 bits per heavy atom. The summed E-state index contributed by atoms with van der Waals surface area (Å²) in [4.78, 5) is 24.0. The first-order chi connectivity index (χ1) is 15.2. The maximum atomic E-state index is 13.4. The Labute approximate surface area is 192 Å². The van der Waals surface area contributed by atoms with Gasteiger partial charge in [-0.2, -0.15) is 0 Å². The number of benzene rings is 2. The van der Waals surface area contributed by atoms with Gasteiger partial charge in [-0.25, -0.2) is 0 Å². The van der Waals surface area contributed by atoms with Crippen LogP contribution in [0.25, 0.3) is 0 Å². The normalized spacial score (nSPS) is 14.8. The molecule has 0 atom stereocenters. The molecule has 0 bridgehead atoms. The van der Waals surface area contributed by atoms with Crippen LogP contribution in [0.4, 0.5) is 17.1 Å². The van der Waals surface area contributed by atoms with Crippen LogP contribution in [0, 0.1) is 24.0 Å². The molecule has 0 aliphatic heterocycles. The molecule has 1 saturated carbocycles. The fraction of sp³-hybridized carbons (Fsp3) is 0.391. The summed E-state index contributed by atoms with van der Waals surface area (Å²) in [6, 6.07) is 10.0. The monoisotopic (exact) mass is 456 g/mol. The van der Waals surface area contributed by atoms with Crippen molar-refractivity contribution in [2.24, 2.45) is 0 Å². The number of nitro benzene ring substituents is 1. The molecule has 0 unspecified atom stereocenters. The van der Waals surface area contributed by atoms with Crippen molar-refractivity contribution in [2.45, 2.75) is 51.5 Å². The Morgan fingerprint density at radius 1 is 1.06 bits per heavy atom. The number of anilines is 2. The van der Waals surface area contributed by atoms with Crippen molar-refractivity contribution in [3.8, 4) is 5.75 Å². The highest BCUT2D eigenvalue weighted by Gasteiger charge is 2.40. The first-order valence-corrected chi connectivity index (χ1v) is 11.0. The zero-order valence-electron chi connectivity index (χ0n) is 18.5. The summed E-state index contributed by atoms with van der Waals surface area (Å²) >= 11 is 5.50. The third-order valence-corrected chi connectivity index (χ3v) is 6.11. The minimum absolute atomic E-state index is 0.0871. The second-order valence-corrected chi connectivity index (χ2v) is 8.52. The van der Waals surface area contributed by atoms with Gasteiger partial charge in [-0.15, -0.1) is 0 Å². The average molecular weight is 457 g/mol. The summed E-state index contributed by atoms with van der Waals surface area (Å²) in [7, 11) is 1.47. The standard InChI is InChI=1S/C23H28N4O4S/c1-15-7-8-17(13-16(15)2)24-21(28)23(11-5-4-6-12-23)26-22(32)25-19-14-18(27(29)30)9-10-20(19)31-3/h7-10,13-14H,4-6,11-12H2,1-3H3,(H,24,28)(H2,25,26,32). The number of carbonyl (C=O) groups is 1. The predicted octanol–water partition coefficient (Wildman–Crippen LogP) is 4.85. The summed E-state index contributed by atoms with van der Waals surface area (Å²) in [5.74, 6) is 0.271. The molecule has 32 heavy (non-hydrogen) atoms. The van der Waals surface area contributed by atoms with Gasteiger partial charge in [0.1, 0.15) is 11.3 Å². The van der Waals surface area contributed by atoms with E-state index in [4.69, 9.17) is 17.0 Å². The highest BCUT2D eigenvalue weighted by Crippen LogP contribution is 2.32. The van der Waals surface area contributed by atoms with E-state index in [0.717, 1.165) is 36.1 Å². The van der Waals surface area contributed by atoms with E-state index in [-0.39, 0.29) is 16.7 Å².